The van der Waals surface area contributed by atoms with E-state index in [4.69, 9.17) is 0 Å². The van der Waals surface area contributed by atoms with Gasteiger partial charge in [0.05, 0.1) is 12.7 Å². The molecule has 7 heteroatoms. The summed E-state index contributed by atoms with van der Waals surface area (Å²) in [4.78, 5) is 41.0. The number of rotatable bonds is 1. The monoisotopic (exact) mass is 237 g/mol. The number of nitrogens with zero attached hydrogens (tertiary/aromatic N) is 3. The third kappa shape index (κ3) is 1.50. The van der Waals surface area contributed by atoms with Gasteiger partial charge in [-0.3, -0.25) is 9.69 Å². The zero-order valence-electron chi connectivity index (χ0n) is 9.63. The number of hydrogen-bond donors (Lipinski definition) is 0. The third-order valence-corrected chi connectivity index (χ3v) is 2.73. The summed E-state index contributed by atoms with van der Waals surface area (Å²) in [6, 6.07) is -0.452. The van der Waals surface area contributed by atoms with Crippen LogP contribution in [0.1, 0.15) is 0 Å². The minimum absolute atomic E-state index is 0.0517. The Labute approximate surface area is 97.3 Å². The van der Waals surface area contributed by atoms with Crippen LogP contribution < -0.4 is 0 Å². The van der Waals surface area contributed by atoms with Crippen LogP contribution in [0, 0.1) is 0 Å². The summed E-state index contributed by atoms with van der Waals surface area (Å²) in [5.41, 5.74) is 0.353. The zero-order chi connectivity index (χ0) is 12.7. The fraction of sp³-hybridized carbons (Fsp3) is 0.400. The van der Waals surface area contributed by atoms with Crippen LogP contribution in [0.3, 0.4) is 0 Å². The van der Waals surface area contributed by atoms with E-state index < -0.39 is 24.1 Å². The van der Waals surface area contributed by atoms with Crippen molar-refractivity contribution in [3.05, 3.63) is 11.6 Å². The summed E-state index contributed by atoms with van der Waals surface area (Å²) >= 11 is 0. The Bertz CT molecular complexity index is 480. The molecule has 2 aliphatic rings. The van der Waals surface area contributed by atoms with E-state index in [1.165, 1.54) is 32.2 Å². The minimum Gasteiger partial charge on any atom is -0.464 e. The van der Waals surface area contributed by atoms with E-state index in [2.05, 4.69) is 9.73 Å². The normalized spacial score (nSPS) is 23.4. The predicted molar refractivity (Wildman–Crippen MR) is 57.3 cm³/mol. The predicted octanol–water partition coefficient (Wildman–Crippen LogP) is -0.610. The topological polar surface area (TPSA) is 79.3 Å². The quantitative estimate of drug-likeness (QED) is 0.570. The van der Waals surface area contributed by atoms with Crippen molar-refractivity contribution in [3.63, 3.8) is 0 Å². The molecule has 0 spiro atoms. The summed E-state index contributed by atoms with van der Waals surface area (Å²) in [5, 5.41) is 0. The van der Waals surface area contributed by atoms with Gasteiger partial charge in [-0.2, -0.15) is 0 Å². The molecule has 0 saturated carbocycles. The van der Waals surface area contributed by atoms with Gasteiger partial charge in [-0.25, -0.2) is 14.6 Å². The molecule has 0 aromatic carbocycles. The lowest BCUT2D eigenvalue weighted by molar-refractivity contribution is -0.132. The van der Waals surface area contributed by atoms with Crippen LogP contribution in [0.5, 0.6) is 0 Å². The second kappa shape index (κ2) is 3.69. The molecule has 0 aromatic rings. The zero-order valence-corrected chi connectivity index (χ0v) is 9.63. The molecule has 0 aromatic heterocycles. The van der Waals surface area contributed by atoms with Gasteiger partial charge in [0.15, 0.2) is 6.17 Å². The van der Waals surface area contributed by atoms with E-state index in [0.29, 0.717) is 5.57 Å². The Balaban J connectivity index is 2.40. The SMILES string of the molecule is COC(=O)C1=N[C@@H]2C(=C1)C(=O)N(C)C(=O)N2C. The highest BCUT2D eigenvalue weighted by Gasteiger charge is 2.42. The van der Waals surface area contributed by atoms with Crippen molar-refractivity contribution >= 4 is 23.6 Å². The Morgan fingerprint density at radius 3 is 2.65 bits per heavy atom. The van der Waals surface area contributed by atoms with Gasteiger partial charge < -0.3 is 9.64 Å². The van der Waals surface area contributed by atoms with Crippen molar-refractivity contribution in [3.8, 4) is 0 Å². The van der Waals surface area contributed by atoms with Gasteiger partial charge in [0.25, 0.3) is 5.91 Å². The van der Waals surface area contributed by atoms with Crippen LogP contribution in [-0.4, -0.2) is 60.8 Å². The average Bonchev–Trinajstić information content (AvgIpc) is 2.77. The van der Waals surface area contributed by atoms with Crippen LogP contribution >= 0.6 is 0 Å². The molecule has 0 radical (unpaired) electrons. The number of imide groups is 1. The van der Waals surface area contributed by atoms with E-state index in [-0.39, 0.29) is 5.71 Å². The Morgan fingerprint density at radius 1 is 1.41 bits per heavy atom. The van der Waals surface area contributed by atoms with Crippen LogP contribution in [0.4, 0.5) is 4.79 Å². The lowest BCUT2D eigenvalue weighted by atomic mass is 10.1. The van der Waals surface area contributed by atoms with Gasteiger partial charge >= 0.3 is 12.0 Å². The summed E-state index contributed by atoms with van der Waals surface area (Å²) in [5.74, 6) is -1.07. The Morgan fingerprint density at radius 2 is 2.06 bits per heavy atom. The summed E-state index contributed by atoms with van der Waals surface area (Å²) in [7, 11) is 4.13. The molecule has 2 heterocycles. The number of carbonyl (C=O) groups excluding carboxylic acids is 3. The van der Waals surface area contributed by atoms with Crippen LogP contribution in [-0.2, 0) is 14.3 Å². The summed E-state index contributed by atoms with van der Waals surface area (Å²) in [6.45, 7) is 0. The second-order valence-corrected chi connectivity index (χ2v) is 3.74. The van der Waals surface area contributed by atoms with Crippen molar-refractivity contribution < 1.29 is 19.1 Å². The summed E-state index contributed by atoms with van der Waals surface area (Å²) in [6.07, 6.45) is 0.637. The van der Waals surface area contributed by atoms with Gasteiger partial charge in [-0.05, 0) is 6.08 Å². The minimum atomic E-state index is -0.722. The molecule has 2 aliphatic heterocycles. The number of methoxy groups -OCH3 is 1. The van der Waals surface area contributed by atoms with E-state index in [0.717, 1.165) is 4.90 Å². The molecule has 0 N–H and O–H groups in total. The first-order chi connectivity index (χ1) is 7.97. The maximum absolute atomic E-state index is 11.8. The fourth-order valence-electron chi connectivity index (χ4n) is 1.77. The molecule has 3 amide bonds. The van der Waals surface area contributed by atoms with Crippen molar-refractivity contribution in [2.24, 2.45) is 4.99 Å². The number of esters is 1. The third-order valence-electron chi connectivity index (χ3n) is 2.73. The van der Waals surface area contributed by atoms with Crippen molar-refractivity contribution in [1.29, 1.82) is 0 Å². The number of fused-ring (bicyclic) bond motifs is 1. The number of carbonyl (C=O) groups is 3. The second-order valence-electron chi connectivity index (χ2n) is 3.74. The highest BCUT2D eigenvalue weighted by molar-refractivity contribution is 6.43. The van der Waals surface area contributed by atoms with Gasteiger partial charge in [-0.15, -0.1) is 0 Å². The van der Waals surface area contributed by atoms with E-state index in [1.807, 2.05) is 0 Å². The van der Waals surface area contributed by atoms with E-state index in [1.54, 1.807) is 0 Å². The lowest BCUT2D eigenvalue weighted by Gasteiger charge is -2.33. The van der Waals surface area contributed by atoms with Crippen LogP contribution in [0.2, 0.25) is 0 Å². The first-order valence-electron chi connectivity index (χ1n) is 4.90. The maximum atomic E-state index is 11.8. The van der Waals surface area contributed by atoms with E-state index in [9.17, 15) is 14.4 Å². The number of hydrogen-bond acceptors (Lipinski definition) is 5. The lowest BCUT2D eigenvalue weighted by Crippen LogP contribution is -2.53. The molecule has 90 valence electrons. The summed E-state index contributed by atoms with van der Waals surface area (Å²) < 4.78 is 4.52. The van der Waals surface area contributed by atoms with Crippen LogP contribution in [0.25, 0.3) is 0 Å². The van der Waals surface area contributed by atoms with Gasteiger partial charge in [0, 0.05) is 14.1 Å². The van der Waals surface area contributed by atoms with Gasteiger partial charge in [0.1, 0.15) is 5.71 Å². The largest absolute Gasteiger partial charge is 0.464 e. The molecule has 1 atom stereocenters. The number of urea groups is 1. The molecule has 0 aliphatic carbocycles. The molecule has 17 heavy (non-hydrogen) atoms. The molecular weight excluding hydrogens is 226 g/mol. The van der Waals surface area contributed by atoms with Crippen LogP contribution in [0.15, 0.2) is 16.6 Å². The molecule has 1 saturated heterocycles. The highest BCUT2D eigenvalue weighted by atomic mass is 16.5. The average molecular weight is 237 g/mol. The molecule has 2 rings (SSSR count). The fourth-order valence-corrected chi connectivity index (χ4v) is 1.77. The van der Waals surface area contributed by atoms with Gasteiger partial charge in [-0.1, -0.05) is 0 Å². The number of aliphatic imine (C=N–C) groups is 1. The molecule has 0 bridgehead atoms. The molecule has 0 unspecified atom stereocenters. The molecular formula is C10H11N3O4. The Kier molecular flexibility index (Phi) is 2.45. The smallest absolute Gasteiger partial charge is 0.356 e. The maximum Gasteiger partial charge on any atom is 0.356 e. The van der Waals surface area contributed by atoms with Crippen molar-refractivity contribution in [2.75, 3.05) is 21.2 Å². The van der Waals surface area contributed by atoms with Crippen molar-refractivity contribution in [2.45, 2.75) is 6.17 Å². The first kappa shape index (κ1) is 11.3. The van der Waals surface area contributed by atoms with Gasteiger partial charge in [0.2, 0.25) is 0 Å². The first-order valence-corrected chi connectivity index (χ1v) is 4.90. The number of amides is 3. The molecule has 1 fully saturated rings. The number of likely N-dealkylation sites (N-methyl/N-ethyl adjacent to an activating group) is 2. The highest BCUT2D eigenvalue weighted by Crippen LogP contribution is 2.25. The van der Waals surface area contributed by atoms with E-state index >= 15 is 0 Å². The molecule has 7 nitrogen and oxygen atoms in total. The number of ether oxygens (including phenoxy) is 1. The van der Waals surface area contributed by atoms with Crippen molar-refractivity contribution in [1.82, 2.24) is 9.80 Å². The standard InChI is InChI=1S/C10H11N3O4/c1-12-7-5(8(14)13(2)10(12)16)4-6(11-7)9(15)17-3/h4,7H,1-3H3/t7-/m0/s1. The Hall–Kier alpha value is -2.18.